The fourth-order valence-corrected chi connectivity index (χ4v) is 3.58. The molecule has 0 spiro atoms. The zero-order valence-electron chi connectivity index (χ0n) is 16.7. The first-order chi connectivity index (χ1) is 14.5. The molecule has 0 aliphatic carbocycles. The molecule has 0 fully saturated rings. The number of pyridine rings is 1. The minimum absolute atomic E-state index is 0.0645. The van der Waals surface area contributed by atoms with E-state index in [0.29, 0.717) is 33.9 Å². The maximum atomic E-state index is 13.2. The van der Waals surface area contributed by atoms with Crippen LogP contribution in [-0.2, 0) is 0 Å². The van der Waals surface area contributed by atoms with Crippen molar-refractivity contribution >= 4 is 16.9 Å². The molecule has 1 atom stereocenters. The van der Waals surface area contributed by atoms with E-state index in [1.807, 2.05) is 38.1 Å². The Balaban J connectivity index is 2.04. The molecule has 4 rings (SSSR count). The number of nitrogens with zero attached hydrogens (tertiary/aromatic N) is 6. The smallest absolute Gasteiger partial charge is 0.277 e. The Morgan fingerprint density at radius 2 is 1.97 bits per heavy atom. The van der Waals surface area contributed by atoms with Gasteiger partial charge >= 0.3 is 0 Å². The largest absolute Gasteiger partial charge is 0.495 e. The number of aromatic nitrogens is 5. The Labute approximate surface area is 172 Å². The first-order valence-corrected chi connectivity index (χ1v) is 9.22. The molecule has 1 unspecified atom stereocenters. The standard InChI is InChI=1S/C21H19N7O2/c1-12-18-19(23)24-11-25-20(18)28(26-12)13(2)16-9-17(30-3)15(10-22)21(29)27(16)14-7-5-4-6-8-14/h4-9,11,13H,1-3H3,(H2,23,24,25). The van der Waals surface area contributed by atoms with Gasteiger partial charge in [-0.3, -0.25) is 9.36 Å². The number of para-hydroxylation sites is 1. The molecule has 150 valence electrons. The molecule has 30 heavy (non-hydrogen) atoms. The van der Waals surface area contributed by atoms with E-state index in [0.717, 1.165) is 0 Å². The molecule has 1 aromatic carbocycles. The number of benzene rings is 1. The van der Waals surface area contributed by atoms with E-state index in [1.165, 1.54) is 18.0 Å². The van der Waals surface area contributed by atoms with Crippen LogP contribution in [0.5, 0.6) is 5.75 Å². The van der Waals surface area contributed by atoms with Gasteiger partial charge in [-0.25, -0.2) is 14.6 Å². The van der Waals surface area contributed by atoms with E-state index in [-0.39, 0.29) is 11.3 Å². The van der Waals surface area contributed by atoms with Crippen LogP contribution in [0.25, 0.3) is 16.7 Å². The van der Waals surface area contributed by atoms with Crippen LogP contribution in [-0.4, -0.2) is 31.4 Å². The van der Waals surface area contributed by atoms with Crippen LogP contribution in [0.2, 0.25) is 0 Å². The van der Waals surface area contributed by atoms with Crippen molar-refractivity contribution in [3.63, 3.8) is 0 Å². The zero-order valence-corrected chi connectivity index (χ0v) is 16.7. The summed E-state index contributed by atoms with van der Waals surface area (Å²) in [6.07, 6.45) is 1.38. The fraction of sp³-hybridized carbons (Fsp3) is 0.190. The number of ether oxygens (including phenoxy) is 1. The topological polar surface area (TPSA) is 125 Å². The van der Waals surface area contributed by atoms with Crippen molar-refractivity contribution in [1.82, 2.24) is 24.3 Å². The Hall–Kier alpha value is -4.19. The summed E-state index contributed by atoms with van der Waals surface area (Å²) in [4.78, 5) is 21.6. The van der Waals surface area contributed by atoms with Crippen molar-refractivity contribution in [2.75, 3.05) is 12.8 Å². The van der Waals surface area contributed by atoms with Crippen molar-refractivity contribution < 1.29 is 4.74 Å². The van der Waals surface area contributed by atoms with Crippen LogP contribution in [0.4, 0.5) is 5.82 Å². The molecule has 0 bridgehead atoms. The van der Waals surface area contributed by atoms with Crippen LogP contribution in [0, 0.1) is 18.3 Å². The molecule has 9 nitrogen and oxygen atoms in total. The Bertz CT molecular complexity index is 1350. The number of nitrogens with two attached hydrogens (primary N) is 1. The molecule has 0 radical (unpaired) electrons. The lowest BCUT2D eigenvalue weighted by molar-refractivity contribution is 0.408. The van der Waals surface area contributed by atoms with Crippen LogP contribution in [0.1, 0.15) is 29.9 Å². The molecule has 2 N–H and O–H groups in total. The zero-order chi connectivity index (χ0) is 21.4. The first-order valence-electron chi connectivity index (χ1n) is 9.22. The van der Waals surface area contributed by atoms with E-state index in [4.69, 9.17) is 10.5 Å². The van der Waals surface area contributed by atoms with E-state index >= 15 is 0 Å². The molecule has 3 aromatic heterocycles. The summed E-state index contributed by atoms with van der Waals surface area (Å²) >= 11 is 0. The van der Waals surface area contributed by atoms with Gasteiger partial charge in [-0.1, -0.05) is 18.2 Å². The minimum atomic E-state index is -0.466. The van der Waals surface area contributed by atoms with Crippen LogP contribution in [0.3, 0.4) is 0 Å². The number of aryl methyl sites for hydroxylation is 1. The number of hydrogen-bond acceptors (Lipinski definition) is 7. The Kier molecular flexibility index (Phi) is 4.68. The lowest BCUT2D eigenvalue weighted by Gasteiger charge is -2.21. The third kappa shape index (κ3) is 2.86. The van der Waals surface area contributed by atoms with E-state index < -0.39 is 11.6 Å². The molecule has 9 heteroatoms. The van der Waals surface area contributed by atoms with E-state index in [1.54, 1.807) is 22.9 Å². The minimum Gasteiger partial charge on any atom is -0.495 e. The molecular formula is C21H19N7O2. The number of hydrogen-bond donors (Lipinski definition) is 1. The van der Waals surface area contributed by atoms with E-state index in [2.05, 4.69) is 15.1 Å². The monoisotopic (exact) mass is 401 g/mol. The van der Waals surface area contributed by atoms with Gasteiger partial charge in [0.1, 0.15) is 24.0 Å². The van der Waals surface area contributed by atoms with Crippen molar-refractivity contribution in [3.8, 4) is 17.5 Å². The van der Waals surface area contributed by atoms with Gasteiger partial charge in [-0.05, 0) is 26.0 Å². The second-order valence-corrected chi connectivity index (χ2v) is 6.76. The van der Waals surface area contributed by atoms with Crippen molar-refractivity contribution in [1.29, 1.82) is 5.26 Å². The Morgan fingerprint density at radius 1 is 1.23 bits per heavy atom. The van der Waals surface area contributed by atoms with Gasteiger partial charge in [0.05, 0.1) is 29.9 Å². The number of fused-ring (bicyclic) bond motifs is 1. The number of anilines is 1. The van der Waals surface area contributed by atoms with Gasteiger partial charge in [0.2, 0.25) is 0 Å². The van der Waals surface area contributed by atoms with Gasteiger partial charge in [0.15, 0.2) is 11.2 Å². The third-order valence-corrected chi connectivity index (χ3v) is 5.03. The molecular weight excluding hydrogens is 382 g/mol. The lowest BCUT2D eigenvalue weighted by Crippen LogP contribution is -2.28. The molecule has 0 aliphatic rings. The number of rotatable bonds is 4. The number of methoxy groups -OCH3 is 1. The van der Waals surface area contributed by atoms with E-state index in [9.17, 15) is 10.1 Å². The summed E-state index contributed by atoms with van der Waals surface area (Å²) in [6, 6.07) is 12.3. The highest BCUT2D eigenvalue weighted by atomic mass is 16.5. The lowest BCUT2D eigenvalue weighted by atomic mass is 10.1. The SMILES string of the molecule is COc1cc(C(C)n2nc(C)c3c(N)ncnc32)n(-c2ccccc2)c(=O)c1C#N. The summed E-state index contributed by atoms with van der Waals surface area (Å²) in [5.74, 6) is 0.549. The Morgan fingerprint density at radius 3 is 2.63 bits per heavy atom. The summed E-state index contributed by atoms with van der Waals surface area (Å²) in [5, 5.41) is 14.8. The molecule has 0 saturated carbocycles. The van der Waals surface area contributed by atoms with Crippen molar-refractivity contribution in [2.45, 2.75) is 19.9 Å². The highest BCUT2D eigenvalue weighted by Gasteiger charge is 2.24. The summed E-state index contributed by atoms with van der Waals surface area (Å²) < 4.78 is 8.53. The number of nitriles is 1. The predicted octanol–water partition coefficient (Wildman–Crippen LogP) is 2.36. The van der Waals surface area contributed by atoms with Gasteiger partial charge in [0, 0.05) is 11.8 Å². The summed E-state index contributed by atoms with van der Waals surface area (Å²) in [7, 11) is 1.43. The van der Waals surface area contributed by atoms with Crippen molar-refractivity contribution in [3.05, 3.63) is 70.0 Å². The molecule has 0 amide bonds. The highest BCUT2D eigenvalue weighted by Crippen LogP contribution is 2.29. The number of nitrogen functional groups attached to an aromatic ring is 1. The van der Waals surface area contributed by atoms with Crippen LogP contribution >= 0.6 is 0 Å². The molecule has 3 heterocycles. The van der Waals surface area contributed by atoms with Crippen LogP contribution < -0.4 is 16.0 Å². The second kappa shape index (κ2) is 7.33. The maximum absolute atomic E-state index is 13.2. The molecule has 0 aliphatic heterocycles. The average Bonchev–Trinajstić information content (AvgIpc) is 3.10. The average molecular weight is 401 g/mol. The van der Waals surface area contributed by atoms with Crippen molar-refractivity contribution in [2.24, 2.45) is 0 Å². The fourth-order valence-electron chi connectivity index (χ4n) is 3.58. The quantitative estimate of drug-likeness (QED) is 0.556. The van der Waals surface area contributed by atoms with Gasteiger partial charge < -0.3 is 10.5 Å². The third-order valence-electron chi connectivity index (χ3n) is 5.03. The summed E-state index contributed by atoms with van der Waals surface area (Å²) in [5.41, 5.74) is 7.95. The highest BCUT2D eigenvalue weighted by molar-refractivity contribution is 5.88. The van der Waals surface area contributed by atoms with Crippen LogP contribution in [0.15, 0.2) is 47.5 Å². The summed E-state index contributed by atoms with van der Waals surface area (Å²) in [6.45, 7) is 3.72. The first kappa shape index (κ1) is 19.1. The normalized spacial score (nSPS) is 11.9. The molecule has 4 aromatic rings. The van der Waals surface area contributed by atoms with Gasteiger partial charge in [0.25, 0.3) is 5.56 Å². The van der Waals surface area contributed by atoms with Gasteiger partial charge in [-0.2, -0.15) is 10.4 Å². The molecule has 0 saturated heterocycles. The van der Waals surface area contributed by atoms with Gasteiger partial charge in [-0.15, -0.1) is 0 Å². The predicted molar refractivity (Wildman–Crippen MR) is 112 cm³/mol. The second-order valence-electron chi connectivity index (χ2n) is 6.76. The maximum Gasteiger partial charge on any atom is 0.277 e.